The Morgan fingerprint density at radius 2 is 1.77 bits per heavy atom. The highest BCUT2D eigenvalue weighted by molar-refractivity contribution is 5.85. The summed E-state index contributed by atoms with van der Waals surface area (Å²) in [5.74, 6) is -0.368. The Labute approximate surface area is 155 Å². The van der Waals surface area contributed by atoms with Crippen molar-refractivity contribution in [1.82, 2.24) is 9.97 Å². The summed E-state index contributed by atoms with van der Waals surface area (Å²) in [7, 11) is 0. The number of allylic oxidation sites excluding steroid dienone is 1. The number of aromatic carboxylic acids is 1. The maximum absolute atomic E-state index is 11.0. The number of fused-ring (bicyclic) bond motifs is 1. The molecule has 2 N–H and O–H groups in total. The molecular formula is C22H28N2O2. The van der Waals surface area contributed by atoms with Gasteiger partial charge in [-0.25, -0.2) is 9.78 Å². The number of aromatic nitrogens is 2. The molecule has 26 heavy (non-hydrogen) atoms. The molecule has 0 saturated carbocycles. The van der Waals surface area contributed by atoms with Gasteiger partial charge in [0, 0.05) is 6.42 Å². The minimum Gasteiger partial charge on any atom is -0.477 e. The molecule has 0 spiro atoms. The second kappa shape index (κ2) is 6.11. The largest absolute Gasteiger partial charge is 0.477 e. The highest BCUT2D eigenvalue weighted by atomic mass is 16.4. The van der Waals surface area contributed by atoms with Gasteiger partial charge < -0.3 is 10.1 Å². The lowest BCUT2D eigenvalue weighted by molar-refractivity contribution is 0.0691. The van der Waals surface area contributed by atoms with Gasteiger partial charge in [-0.2, -0.15) is 0 Å². The number of aromatic amines is 1. The first-order chi connectivity index (χ1) is 12.0. The van der Waals surface area contributed by atoms with Crippen molar-refractivity contribution in [2.75, 3.05) is 0 Å². The van der Waals surface area contributed by atoms with Gasteiger partial charge in [0.15, 0.2) is 0 Å². The van der Waals surface area contributed by atoms with Gasteiger partial charge in [-0.1, -0.05) is 46.4 Å². The summed E-state index contributed by atoms with van der Waals surface area (Å²) >= 11 is 0. The fourth-order valence-corrected chi connectivity index (χ4v) is 3.96. The van der Waals surface area contributed by atoms with E-state index in [1.807, 2.05) is 0 Å². The summed E-state index contributed by atoms with van der Waals surface area (Å²) in [4.78, 5) is 18.1. The van der Waals surface area contributed by atoms with Crippen LogP contribution in [0.25, 0.3) is 5.57 Å². The molecule has 0 bridgehead atoms. The number of carboxylic acid groups (broad SMARTS) is 1. The second-order valence-corrected chi connectivity index (χ2v) is 8.81. The zero-order chi connectivity index (χ0) is 19.3. The molecule has 1 aliphatic rings. The van der Waals surface area contributed by atoms with Crippen molar-refractivity contribution in [3.8, 4) is 0 Å². The third-order valence-corrected chi connectivity index (χ3v) is 5.82. The molecule has 0 fully saturated rings. The van der Waals surface area contributed by atoms with Gasteiger partial charge in [0.05, 0.1) is 6.20 Å². The Bertz CT molecular complexity index is 888. The number of carboxylic acids is 1. The lowest BCUT2D eigenvalue weighted by atomic mass is 9.62. The van der Waals surface area contributed by atoms with Gasteiger partial charge in [0.1, 0.15) is 11.5 Å². The predicted octanol–water partition coefficient (Wildman–Crippen LogP) is 5.02. The molecule has 4 nitrogen and oxygen atoms in total. The van der Waals surface area contributed by atoms with Gasteiger partial charge in [-0.05, 0) is 58.4 Å². The fraction of sp³-hybridized carbons (Fsp3) is 0.455. The van der Waals surface area contributed by atoms with E-state index in [0.29, 0.717) is 12.2 Å². The zero-order valence-electron chi connectivity index (χ0n) is 16.4. The molecule has 1 aromatic heterocycles. The minimum atomic E-state index is -0.997. The Morgan fingerprint density at radius 1 is 1.19 bits per heavy atom. The summed E-state index contributed by atoms with van der Waals surface area (Å²) < 4.78 is 0. The van der Waals surface area contributed by atoms with Gasteiger partial charge in [-0.3, -0.25) is 0 Å². The van der Waals surface area contributed by atoms with Crippen LogP contribution in [0, 0.1) is 6.92 Å². The predicted molar refractivity (Wildman–Crippen MR) is 105 cm³/mol. The van der Waals surface area contributed by atoms with Gasteiger partial charge >= 0.3 is 5.97 Å². The van der Waals surface area contributed by atoms with Crippen LogP contribution in [0.15, 0.2) is 24.9 Å². The number of aryl methyl sites for hydroxylation is 1. The zero-order valence-corrected chi connectivity index (χ0v) is 16.4. The van der Waals surface area contributed by atoms with E-state index < -0.39 is 5.97 Å². The number of rotatable bonds is 4. The quantitative estimate of drug-likeness (QED) is 0.812. The van der Waals surface area contributed by atoms with Crippen molar-refractivity contribution in [3.63, 3.8) is 0 Å². The number of carbonyl (C=O) groups is 1. The van der Waals surface area contributed by atoms with E-state index in [1.165, 1.54) is 35.7 Å². The molecular weight excluding hydrogens is 324 g/mol. The number of H-pyrrole nitrogens is 1. The number of hydrogen-bond donors (Lipinski definition) is 2. The highest BCUT2D eigenvalue weighted by Crippen LogP contribution is 2.47. The molecule has 0 aliphatic heterocycles. The molecule has 1 aliphatic carbocycles. The van der Waals surface area contributed by atoms with Gasteiger partial charge in [-0.15, -0.1) is 0 Å². The summed E-state index contributed by atoms with van der Waals surface area (Å²) in [5, 5.41) is 9.04. The Morgan fingerprint density at radius 3 is 2.31 bits per heavy atom. The molecule has 1 heterocycles. The third-order valence-electron chi connectivity index (χ3n) is 5.82. The molecule has 138 valence electrons. The average Bonchev–Trinajstić information content (AvgIpc) is 3.00. The Balaban J connectivity index is 1.97. The molecule has 0 unspecified atom stereocenters. The van der Waals surface area contributed by atoms with Crippen molar-refractivity contribution >= 4 is 11.5 Å². The summed E-state index contributed by atoms with van der Waals surface area (Å²) in [5.41, 5.74) is 6.60. The molecule has 3 rings (SSSR count). The van der Waals surface area contributed by atoms with Crippen LogP contribution in [-0.2, 0) is 17.3 Å². The van der Waals surface area contributed by atoms with Crippen molar-refractivity contribution in [1.29, 1.82) is 0 Å². The monoisotopic (exact) mass is 352 g/mol. The maximum atomic E-state index is 11.0. The van der Waals surface area contributed by atoms with E-state index in [9.17, 15) is 4.79 Å². The van der Waals surface area contributed by atoms with E-state index in [0.717, 1.165) is 11.1 Å². The van der Waals surface area contributed by atoms with Crippen LogP contribution in [0.3, 0.4) is 0 Å². The van der Waals surface area contributed by atoms with Crippen LogP contribution in [0.1, 0.15) is 79.1 Å². The summed E-state index contributed by atoms with van der Waals surface area (Å²) in [6.07, 6.45) is 4.23. The van der Waals surface area contributed by atoms with Crippen molar-refractivity contribution in [2.45, 2.75) is 64.7 Å². The summed E-state index contributed by atoms with van der Waals surface area (Å²) in [6, 6.07) is 4.62. The molecule has 2 aromatic rings. The SMILES string of the molecule is C=C(Cc1ncc(C(=O)O)[nH]1)c1cc2c(cc1C)C(C)(C)CCC2(C)C. The normalized spacial score (nSPS) is 17.6. The third kappa shape index (κ3) is 3.20. The smallest absolute Gasteiger partial charge is 0.353 e. The number of imidazole rings is 1. The Hall–Kier alpha value is -2.36. The molecule has 1 aromatic carbocycles. The van der Waals surface area contributed by atoms with Crippen molar-refractivity contribution < 1.29 is 9.90 Å². The van der Waals surface area contributed by atoms with Crippen LogP contribution < -0.4 is 0 Å². The number of nitrogens with one attached hydrogen (secondary N) is 1. The van der Waals surface area contributed by atoms with Crippen LogP contribution >= 0.6 is 0 Å². The first-order valence-electron chi connectivity index (χ1n) is 9.12. The molecule has 0 amide bonds. The fourth-order valence-electron chi connectivity index (χ4n) is 3.96. The Kier molecular flexibility index (Phi) is 4.33. The molecule has 0 saturated heterocycles. The van der Waals surface area contributed by atoms with E-state index in [4.69, 9.17) is 5.11 Å². The van der Waals surface area contributed by atoms with E-state index in [1.54, 1.807) is 0 Å². The molecule has 0 atom stereocenters. The van der Waals surface area contributed by atoms with E-state index in [2.05, 4.69) is 63.3 Å². The number of nitrogens with zero attached hydrogens (tertiary/aromatic N) is 1. The first-order valence-corrected chi connectivity index (χ1v) is 9.12. The lowest BCUT2D eigenvalue weighted by Crippen LogP contribution is -2.34. The van der Waals surface area contributed by atoms with Gasteiger partial charge in [0.2, 0.25) is 0 Å². The number of hydrogen-bond acceptors (Lipinski definition) is 2. The maximum Gasteiger partial charge on any atom is 0.353 e. The lowest BCUT2D eigenvalue weighted by Gasteiger charge is -2.42. The minimum absolute atomic E-state index is 0.109. The van der Waals surface area contributed by atoms with Crippen LogP contribution in [-0.4, -0.2) is 21.0 Å². The van der Waals surface area contributed by atoms with Crippen LogP contribution in [0.4, 0.5) is 0 Å². The van der Waals surface area contributed by atoms with Crippen molar-refractivity contribution in [3.05, 3.63) is 58.7 Å². The molecule has 0 radical (unpaired) electrons. The first kappa shape index (κ1) is 18.4. The van der Waals surface area contributed by atoms with Crippen LogP contribution in [0.2, 0.25) is 0 Å². The second-order valence-electron chi connectivity index (χ2n) is 8.81. The van der Waals surface area contributed by atoms with E-state index in [-0.39, 0.29) is 16.5 Å². The van der Waals surface area contributed by atoms with Gasteiger partial charge in [0.25, 0.3) is 0 Å². The average molecular weight is 352 g/mol. The molecule has 4 heteroatoms. The topological polar surface area (TPSA) is 66.0 Å². The highest BCUT2D eigenvalue weighted by Gasteiger charge is 2.37. The van der Waals surface area contributed by atoms with E-state index >= 15 is 0 Å². The summed E-state index contributed by atoms with van der Waals surface area (Å²) in [6.45, 7) is 15.7. The van der Waals surface area contributed by atoms with Crippen molar-refractivity contribution in [2.24, 2.45) is 0 Å². The standard InChI is InChI=1S/C22H28N2O2/c1-13-9-16-17(22(5,6)8-7-21(16,3)4)11-15(13)14(2)10-19-23-12-18(24-19)20(25)26/h9,11-12H,2,7-8,10H2,1,3-6H3,(H,23,24)(H,25,26). The van der Waals surface area contributed by atoms with Crippen LogP contribution in [0.5, 0.6) is 0 Å². The number of benzene rings is 1.